The third kappa shape index (κ3) is 3.47. The maximum Gasteiger partial charge on any atom is 0.230 e. The minimum absolute atomic E-state index is 0.160. The normalized spacial score (nSPS) is 10.5. The minimum Gasteiger partial charge on any atom is -0.368 e. The molecule has 1 heterocycles. The number of anilines is 1. The first-order valence-electron chi connectivity index (χ1n) is 5.85. The van der Waals surface area contributed by atoms with Crippen LogP contribution in [0.5, 0.6) is 0 Å². The molecular weight excluding hydrogens is 281 g/mol. The Morgan fingerprint density at radius 1 is 1.45 bits per heavy atom. The first-order valence-corrected chi connectivity index (χ1v) is 6.84. The third-order valence-corrected chi connectivity index (χ3v) is 3.66. The Kier molecular flexibility index (Phi) is 4.57. The van der Waals surface area contributed by atoms with Crippen LogP contribution in [0.1, 0.15) is 5.56 Å². The van der Waals surface area contributed by atoms with E-state index in [0.717, 1.165) is 0 Å². The summed E-state index contributed by atoms with van der Waals surface area (Å²) in [4.78, 5) is 11.7. The summed E-state index contributed by atoms with van der Waals surface area (Å²) in [7, 11) is 1.72. The molecule has 2 aromatic rings. The molecule has 1 aromatic carbocycles. The van der Waals surface area contributed by atoms with Crippen molar-refractivity contribution < 1.29 is 9.18 Å². The second-order valence-electron chi connectivity index (χ2n) is 4.06. The molecule has 0 atom stereocenters. The van der Waals surface area contributed by atoms with E-state index in [4.69, 9.17) is 5.73 Å². The summed E-state index contributed by atoms with van der Waals surface area (Å²) in [6.45, 7) is 0.160. The SMILES string of the molecule is Cn1c(N)nnc1SCC(=O)NCc1ccccc1F. The summed E-state index contributed by atoms with van der Waals surface area (Å²) in [6.07, 6.45) is 0. The lowest BCUT2D eigenvalue weighted by Crippen LogP contribution is -2.25. The number of nitrogens with zero attached hydrogens (tertiary/aromatic N) is 3. The zero-order chi connectivity index (χ0) is 14.5. The quantitative estimate of drug-likeness (QED) is 0.802. The summed E-state index contributed by atoms with van der Waals surface area (Å²) < 4.78 is 14.9. The van der Waals surface area contributed by atoms with Crippen LogP contribution in [0.15, 0.2) is 29.4 Å². The van der Waals surface area contributed by atoms with Gasteiger partial charge >= 0.3 is 0 Å². The minimum atomic E-state index is -0.332. The predicted octanol–water partition coefficient (Wildman–Crippen LogP) is 0.945. The number of carbonyl (C=O) groups excluding carboxylic acids is 1. The molecule has 0 saturated carbocycles. The van der Waals surface area contributed by atoms with Crippen molar-refractivity contribution in [2.75, 3.05) is 11.5 Å². The van der Waals surface area contributed by atoms with Crippen molar-refractivity contribution in [3.05, 3.63) is 35.6 Å². The van der Waals surface area contributed by atoms with Gasteiger partial charge in [-0.3, -0.25) is 9.36 Å². The molecule has 0 fully saturated rings. The summed E-state index contributed by atoms with van der Waals surface area (Å²) in [5.74, 6) is -0.0823. The van der Waals surface area contributed by atoms with Crippen molar-refractivity contribution in [1.29, 1.82) is 0 Å². The Labute approximate surface area is 119 Å². The zero-order valence-corrected chi connectivity index (χ0v) is 11.7. The Morgan fingerprint density at radius 2 is 2.20 bits per heavy atom. The van der Waals surface area contributed by atoms with Gasteiger partial charge in [0.1, 0.15) is 5.82 Å². The molecule has 0 spiro atoms. The molecule has 0 radical (unpaired) electrons. The fourth-order valence-electron chi connectivity index (χ4n) is 1.47. The second kappa shape index (κ2) is 6.38. The van der Waals surface area contributed by atoms with Crippen molar-refractivity contribution in [3.63, 3.8) is 0 Å². The number of hydrogen-bond acceptors (Lipinski definition) is 5. The third-order valence-electron chi connectivity index (χ3n) is 2.63. The number of nitrogen functional groups attached to an aromatic ring is 1. The highest BCUT2D eigenvalue weighted by Crippen LogP contribution is 2.15. The average Bonchev–Trinajstić information content (AvgIpc) is 2.76. The molecule has 3 N–H and O–H groups in total. The van der Waals surface area contributed by atoms with Crippen molar-refractivity contribution in [2.24, 2.45) is 7.05 Å². The van der Waals surface area contributed by atoms with Gasteiger partial charge in [0.05, 0.1) is 5.75 Å². The molecule has 20 heavy (non-hydrogen) atoms. The van der Waals surface area contributed by atoms with Gasteiger partial charge in [-0.2, -0.15) is 0 Å². The number of aromatic nitrogens is 3. The number of thioether (sulfide) groups is 1. The number of nitrogens with two attached hydrogens (primary N) is 1. The first kappa shape index (κ1) is 14.3. The molecule has 1 aromatic heterocycles. The molecule has 0 aliphatic heterocycles. The fourth-order valence-corrected chi connectivity index (χ4v) is 2.22. The van der Waals surface area contributed by atoms with Crippen LogP contribution in [-0.2, 0) is 18.4 Å². The van der Waals surface area contributed by atoms with Crippen LogP contribution in [0, 0.1) is 5.82 Å². The summed E-state index contributed by atoms with van der Waals surface area (Å²) in [5, 5.41) is 10.7. The van der Waals surface area contributed by atoms with Crippen molar-refractivity contribution in [2.45, 2.75) is 11.7 Å². The van der Waals surface area contributed by atoms with E-state index in [1.165, 1.54) is 17.8 Å². The van der Waals surface area contributed by atoms with Gasteiger partial charge in [0, 0.05) is 19.2 Å². The lowest BCUT2D eigenvalue weighted by atomic mass is 10.2. The van der Waals surface area contributed by atoms with Crippen LogP contribution in [0.4, 0.5) is 10.3 Å². The smallest absolute Gasteiger partial charge is 0.230 e. The van der Waals surface area contributed by atoms with Gasteiger partial charge in [-0.05, 0) is 6.07 Å². The maximum absolute atomic E-state index is 13.4. The van der Waals surface area contributed by atoms with E-state index in [-0.39, 0.29) is 24.0 Å². The highest BCUT2D eigenvalue weighted by atomic mass is 32.2. The Balaban J connectivity index is 1.82. The van der Waals surface area contributed by atoms with Gasteiger partial charge in [0.25, 0.3) is 0 Å². The van der Waals surface area contributed by atoms with Crippen LogP contribution >= 0.6 is 11.8 Å². The highest BCUT2D eigenvalue weighted by molar-refractivity contribution is 7.99. The molecule has 8 heteroatoms. The first-order chi connectivity index (χ1) is 9.58. The van der Waals surface area contributed by atoms with Crippen LogP contribution in [-0.4, -0.2) is 26.4 Å². The average molecular weight is 295 g/mol. The molecule has 2 rings (SSSR count). The summed E-state index contributed by atoms with van der Waals surface area (Å²) >= 11 is 1.22. The molecule has 6 nitrogen and oxygen atoms in total. The molecule has 0 bridgehead atoms. The lowest BCUT2D eigenvalue weighted by molar-refractivity contribution is -0.118. The number of benzene rings is 1. The van der Waals surface area contributed by atoms with Crippen LogP contribution in [0.2, 0.25) is 0 Å². The monoisotopic (exact) mass is 295 g/mol. The van der Waals surface area contributed by atoms with Crippen LogP contribution in [0.3, 0.4) is 0 Å². The topological polar surface area (TPSA) is 85.8 Å². The molecule has 106 valence electrons. The van der Waals surface area contributed by atoms with Gasteiger partial charge in [0.15, 0.2) is 5.16 Å². The summed E-state index contributed by atoms with van der Waals surface area (Å²) in [6, 6.07) is 6.32. The predicted molar refractivity (Wildman–Crippen MR) is 74.4 cm³/mol. The van der Waals surface area contributed by atoms with E-state index < -0.39 is 0 Å². The lowest BCUT2D eigenvalue weighted by Gasteiger charge is -2.06. The van der Waals surface area contributed by atoms with Gasteiger partial charge in [-0.1, -0.05) is 30.0 Å². The van der Waals surface area contributed by atoms with E-state index in [9.17, 15) is 9.18 Å². The molecule has 0 aliphatic rings. The van der Waals surface area contributed by atoms with Crippen LogP contribution < -0.4 is 11.1 Å². The number of hydrogen-bond donors (Lipinski definition) is 2. The number of halogens is 1. The maximum atomic E-state index is 13.4. The van der Waals surface area contributed by atoms with Crippen molar-refractivity contribution >= 4 is 23.6 Å². The second-order valence-corrected chi connectivity index (χ2v) is 5.00. The standard InChI is InChI=1S/C12H14FN5OS/c1-18-11(14)16-17-12(18)20-7-10(19)15-6-8-4-2-3-5-9(8)13/h2-5H,6-7H2,1H3,(H2,14,16)(H,15,19). The molecule has 0 saturated heterocycles. The van der Waals surface area contributed by atoms with Gasteiger partial charge in [-0.25, -0.2) is 4.39 Å². The molecular formula is C12H14FN5OS. The number of carbonyl (C=O) groups is 1. The largest absolute Gasteiger partial charge is 0.368 e. The van der Waals surface area contributed by atoms with Gasteiger partial charge in [0.2, 0.25) is 11.9 Å². The molecule has 0 unspecified atom stereocenters. The van der Waals surface area contributed by atoms with Crippen molar-refractivity contribution in [3.8, 4) is 0 Å². The van der Waals surface area contributed by atoms with Crippen molar-refractivity contribution in [1.82, 2.24) is 20.1 Å². The van der Waals surface area contributed by atoms with E-state index in [0.29, 0.717) is 16.7 Å². The van der Waals surface area contributed by atoms with Gasteiger partial charge in [-0.15, -0.1) is 10.2 Å². The van der Waals surface area contributed by atoms with E-state index in [1.807, 2.05) is 0 Å². The zero-order valence-electron chi connectivity index (χ0n) is 10.8. The van der Waals surface area contributed by atoms with Crippen LogP contribution in [0.25, 0.3) is 0 Å². The van der Waals surface area contributed by atoms with Gasteiger partial charge < -0.3 is 11.1 Å². The highest BCUT2D eigenvalue weighted by Gasteiger charge is 2.09. The Morgan fingerprint density at radius 3 is 2.85 bits per heavy atom. The molecule has 0 aliphatic carbocycles. The van der Waals surface area contributed by atoms with E-state index in [2.05, 4.69) is 15.5 Å². The fraction of sp³-hybridized carbons (Fsp3) is 0.250. The van der Waals surface area contributed by atoms with E-state index >= 15 is 0 Å². The van der Waals surface area contributed by atoms with E-state index in [1.54, 1.807) is 29.8 Å². The summed E-state index contributed by atoms with van der Waals surface area (Å²) in [5.41, 5.74) is 5.98. The number of amides is 1. The number of rotatable bonds is 5. The Hall–Kier alpha value is -2.09. The number of nitrogens with one attached hydrogen (secondary N) is 1. The Bertz CT molecular complexity index is 616. The molecule has 1 amide bonds.